The number of likely N-dealkylation sites (N-methyl/N-ethyl adjacent to an activating group) is 1. The SMILES string of the molecule is CN1CCN(Cc2ccc(-c3cc4c(Cl)cccc4c(=O)[nH]3)cc2)C(=O)C1.O=CO. The summed E-state index contributed by atoms with van der Waals surface area (Å²) in [4.78, 5) is 39.7. The van der Waals surface area contributed by atoms with E-state index in [1.807, 2.05) is 47.2 Å². The van der Waals surface area contributed by atoms with Crippen molar-refractivity contribution in [2.45, 2.75) is 6.54 Å². The van der Waals surface area contributed by atoms with Crippen molar-refractivity contribution in [3.63, 3.8) is 0 Å². The number of nitrogens with one attached hydrogen (secondary N) is 1. The van der Waals surface area contributed by atoms with E-state index >= 15 is 0 Å². The van der Waals surface area contributed by atoms with Gasteiger partial charge >= 0.3 is 0 Å². The fourth-order valence-corrected chi connectivity index (χ4v) is 3.64. The maximum atomic E-state index is 12.4. The summed E-state index contributed by atoms with van der Waals surface area (Å²) in [6.45, 7) is 2.46. The summed E-state index contributed by atoms with van der Waals surface area (Å²) in [6.07, 6.45) is 0. The lowest BCUT2D eigenvalue weighted by Gasteiger charge is -2.32. The maximum absolute atomic E-state index is 12.4. The highest BCUT2D eigenvalue weighted by Gasteiger charge is 2.21. The molecule has 0 radical (unpaired) electrons. The molecular formula is C22H22ClN3O4. The van der Waals surface area contributed by atoms with Crippen LogP contribution in [0.25, 0.3) is 22.0 Å². The molecule has 3 aromatic rings. The Morgan fingerprint density at radius 3 is 2.47 bits per heavy atom. The van der Waals surface area contributed by atoms with Crippen LogP contribution in [0, 0.1) is 0 Å². The molecule has 1 aromatic heterocycles. The van der Waals surface area contributed by atoms with E-state index in [4.69, 9.17) is 21.5 Å². The zero-order valence-corrected chi connectivity index (χ0v) is 17.2. The topological polar surface area (TPSA) is 93.7 Å². The molecule has 2 heterocycles. The highest BCUT2D eigenvalue weighted by Crippen LogP contribution is 2.25. The molecule has 1 fully saturated rings. The minimum atomic E-state index is -0.250. The van der Waals surface area contributed by atoms with Gasteiger partial charge in [-0.25, -0.2) is 0 Å². The predicted octanol–water partition coefficient (Wildman–Crippen LogP) is 2.82. The number of aromatic nitrogens is 1. The number of amides is 1. The molecule has 0 spiro atoms. The van der Waals surface area contributed by atoms with Crippen LogP contribution in [-0.2, 0) is 16.1 Å². The number of pyridine rings is 1. The van der Waals surface area contributed by atoms with Crippen LogP contribution < -0.4 is 5.56 Å². The monoisotopic (exact) mass is 427 g/mol. The minimum Gasteiger partial charge on any atom is -0.483 e. The Morgan fingerprint density at radius 1 is 1.10 bits per heavy atom. The zero-order valence-electron chi connectivity index (χ0n) is 16.5. The summed E-state index contributed by atoms with van der Waals surface area (Å²) in [5.74, 6) is 0.154. The van der Waals surface area contributed by atoms with Crippen LogP contribution in [0.4, 0.5) is 0 Å². The van der Waals surface area contributed by atoms with Crippen LogP contribution in [0.1, 0.15) is 5.56 Å². The second-order valence-corrected chi connectivity index (χ2v) is 7.48. The Hall–Kier alpha value is -3.16. The van der Waals surface area contributed by atoms with Crippen molar-refractivity contribution >= 4 is 34.8 Å². The van der Waals surface area contributed by atoms with Crippen molar-refractivity contribution in [2.75, 3.05) is 26.7 Å². The van der Waals surface area contributed by atoms with Gasteiger partial charge in [-0.2, -0.15) is 0 Å². The molecule has 2 N–H and O–H groups in total. The summed E-state index contributed by atoms with van der Waals surface area (Å²) < 4.78 is 0. The number of fused-ring (bicyclic) bond motifs is 1. The average molecular weight is 428 g/mol. The van der Waals surface area contributed by atoms with E-state index in [1.165, 1.54) is 0 Å². The summed E-state index contributed by atoms with van der Waals surface area (Å²) >= 11 is 6.25. The highest BCUT2D eigenvalue weighted by atomic mass is 35.5. The molecule has 30 heavy (non-hydrogen) atoms. The first-order valence-electron chi connectivity index (χ1n) is 9.38. The van der Waals surface area contributed by atoms with Gasteiger partial charge in [0.2, 0.25) is 5.91 Å². The number of benzene rings is 2. The summed E-state index contributed by atoms with van der Waals surface area (Å²) in [5.41, 5.74) is 2.54. The molecule has 1 aliphatic rings. The Balaban J connectivity index is 0.000000806. The van der Waals surface area contributed by atoms with Crippen LogP contribution in [0.3, 0.4) is 0 Å². The number of hydrogen-bond acceptors (Lipinski definition) is 4. The van der Waals surface area contributed by atoms with E-state index in [1.54, 1.807) is 18.2 Å². The van der Waals surface area contributed by atoms with E-state index < -0.39 is 0 Å². The predicted molar refractivity (Wildman–Crippen MR) is 117 cm³/mol. The van der Waals surface area contributed by atoms with Gasteiger partial charge in [-0.1, -0.05) is 41.9 Å². The van der Waals surface area contributed by atoms with E-state index in [0.29, 0.717) is 23.5 Å². The lowest BCUT2D eigenvalue weighted by atomic mass is 10.1. The molecule has 2 aromatic carbocycles. The molecule has 7 nitrogen and oxygen atoms in total. The number of aromatic amines is 1. The van der Waals surface area contributed by atoms with Crippen LogP contribution >= 0.6 is 11.6 Å². The molecule has 4 rings (SSSR count). The van der Waals surface area contributed by atoms with Crippen LogP contribution in [0.2, 0.25) is 5.02 Å². The Kier molecular flexibility index (Phi) is 6.87. The molecule has 8 heteroatoms. The van der Waals surface area contributed by atoms with Gasteiger partial charge in [0.1, 0.15) is 0 Å². The number of nitrogens with zero attached hydrogens (tertiary/aromatic N) is 2. The number of hydrogen-bond donors (Lipinski definition) is 2. The molecular weight excluding hydrogens is 406 g/mol. The van der Waals surface area contributed by atoms with Gasteiger partial charge in [0.05, 0.1) is 6.54 Å². The fourth-order valence-electron chi connectivity index (χ4n) is 3.41. The van der Waals surface area contributed by atoms with Crippen molar-refractivity contribution in [3.8, 4) is 11.3 Å². The quantitative estimate of drug-likeness (QED) is 0.627. The first-order chi connectivity index (χ1) is 14.4. The standard InChI is InChI=1S/C21H20ClN3O2.CH2O2/c1-24-9-10-25(20(26)13-24)12-14-5-7-15(8-6-14)19-11-17-16(21(27)23-19)3-2-4-18(17)22;2-1-3/h2-8,11H,9-10,12-13H2,1H3,(H,23,27);1H,(H,2,3). The molecule has 0 saturated carbocycles. The summed E-state index contributed by atoms with van der Waals surface area (Å²) in [6, 6.07) is 15.1. The van der Waals surface area contributed by atoms with Crippen LogP contribution in [-0.4, -0.2) is 59.0 Å². The second kappa shape index (κ2) is 9.56. The largest absolute Gasteiger partial charge is 0.483 e. The number of carbonyl (C=O) groups is 2. The van der Waals surface area contributed by atoms with Gasteiger partial charge in [-0.3, -0.25) is 19.3 Å². The van der Waals surface area contributed by atoms with E-state index in [2.05, 4.69) is 4.98 Å². The fraction of sp³-hybridized carbons (Fsp3) is 0.227. The van der Waals surface area contributed by atoms with Gasteiger partial charge in [0, 0.05) is 41.1 Å². The molecule has 0 unspecified atom stereocenters. The lowest BCUT2D eigenvalue weighted by Crippen LogP contribution is -2.48. The van der Waals surface area contributed by atoms with Crippen molar-refractivity contribution in [2.24, 2.45) is 0 Å². The molecule has 156 valence electrons. The Morgan fingerprint density at radius 2 is 1.80 bits per heavy atom. The first-order valence-corrected chi connectivity index (χ1v) is 9.75. The third-order valence-corrected chi connectivity index (χ3v) is 5.31. The van der Waals surface area contributed by atoms with Crippen molar-refractivity contribution in [3.05, 3.63) is 69.5 Å². The van der Waals surface area contributed by atoms with E-state index in [0.717, 1.165) is 35.3 Å². The van der Waals surface area contributed by atoms with E-state index in [-0.39, 0.29) is 17.9 Å². The molecule has 1 amide bonds. The number of piperazine rings is 1. The number of halogens is 1. The first kappa shape index (κ1) is 21.5. The van der Waals surface area contributed by atoms with Crippen molar-refractivity contribution in [1.82, 2.24) is 14.8 Å². The number of rotatable bonds is 3. The normalized spacial score (nSPS) is 14.3. The molecule has 0 aliphatic carbocycles. The van der Waals surface area contributed by atoms with Gasteiger partial charge < -0.3 is 15.0 Å². The van der Waals surface area contributed by atoms with E-state index in [9.17, 15) is 9.59 Å². The summed E-state index contributed by atoms with van der Waals surface area (Å²) in [7, 11) is 1.96. The van der Waals surface area contributed by atoms with Crippen LogP contribution in [0.15, 0.2) is 53.3 Å². The van der Waals surface area contributed by atoms with Gasteiger partial charge in [-0.05, 0) is 36.4 Å². The maximum Gasteiger partial charge on any atom is 0.290 e. The highest BCUT2D eigenvalue weighted by molar-refractivity contribution is 6.35. The average Bonchev–Trinajstić information content (AvgIpc) is 2.72. The Bertz CT molecular complexity index is 1110. The van der Waals surface area contributed by atoms with Crippen molar-refractivity contribution < 1.29 is 14.7 Å². The lowest BCUT2D eigenvalue weighted by molar-refractivity contribution is -0.136. The molecule has 0 atom stereocenters. The minimum absolute atomic E-state index is 0.154. The Labute approximate surface area is 178 Å². The summed E-state index contributed by atoms with van der Waals surface area (Å²) in [5, 5.41) is 8.77. The zero-order chi connectivity index (χ0) is 21.7. The van der Waals surface area contributed by atoms with Crippen LogP contribution in [0.5, 0.6) is 0 Å². The number of H-pyrrole nitrogens is 1. The molecule has 1 saturated heterocycles. The van der Waals surface area contributed by atoms with Gasteiger partial charge in [-0.15, -0.1) is 0 Å². The number of carboxylic acid groups (broad SMARTS) is 1. The van der Waals surface area contributed by atoms with Gasteiger partial charge in [0.15, 0.2) is 0 Å². The second-order valence-electron chi connectivity index (χ2n) is 7.07. The molecule has 1 aliphatic heterocycles. The third kappa shape index (κ3) is 4.87. The van der Waals surface area contributed by atoms with Crippen molar-refractivity contribution in [1.29, 1.82) is 0 Å². The number of carbonyl (C=O) groups excluding carboxylic acids is 1. The third-order valence-electron chi connectivity index (χ3n) is 4.98. The van der Waals surface area contributed by atoms with Gasteiger partial charge in [0.25, 0.3) is 12.0 Å². The smallest absolute Gasteiger partial charge is 0.290 e. The molecule has 0 bridgehead atoms.